The molecule has 0 saturated carbocycles. The Balaban J connectivity index is 1.81. The Labute approximate surface area is 154 Å². The average Bonchev–Trinajstić information content (AvgIpc) is 3.12. The zero-order valence-electron chi connectivity index (χ0n) is 13.6. The normalized spacial score (nSPS) is 13.3. The van der Waals surface area contributed by atoms with Crippen molar-refractivity contribution in [3.63, 3.8) is 0 Å². The highest BCUT2D eigenvalue weighted by atomic mass is 32.1. The van der Waals surface area contributed by atoms with E-state index in [1.165, 1.54) is 11.3 Å². The lowest BCUT2D eigenvalue weighted by atomic mass is 10.1. The first kappa shape index (κ1) is 17.3. The van der Waals surface area contributed by atoms with Crippen molar-refractivity contribution in [2.45, 2.75) is 19.1 Å². The summed E-state index contributed by atoms with van der Waals surface area (Å²) in [6.07, 6.45) is -3.93. The van der Waals surface area contributed by atoms with Crippen molar-refractivity contribution in [1.82, 2.24) is 19.7 Å². The average molecular weight is 392 g/mol. The lowest BCUT2D eigenvalue weighted by Gasteiger charge is -2.08. The summed E-state index contributed by atoms with van der Waals surface area (Å²) < 4.78 is 44.8. The van der Waals surface area contributed by atoms with E-state index in [0.29, 0.717) is 45.3 Å². The van der Waals surface area contributed by atoms with E-state index in [0.717, 1.165) is 4.88 Å². The van der Waals surface area contributed by atoms with Crippen LogP contribution in [0.3, 0.4) is 0 Å². The molecular formula is C16H11F3N6OS. The van der Waals surface area contributed by atoms with Gasteiger partial charge in [0.1, 0.15) is 12.3 Å². The van der Waals surface area contributed by atoms with E-state index in [1.54, 1.807) is 18.2 Å². The van der Waals surface area contributed by atoms with E-state index < -0.39 is 12.7 Å². The highest BCUT2D eigenvalue weighted by Crippen LogP contribution is 2.40. The lowest BCUT2D eigenvalue weighted by molar-refractivity contribution is -0.142. The van der Waals surface area contributed by atoms with E-state index >= 15 is 0 Å². The maximum absolute atomic E-state index is 12.8. The zero-order valence-corrected chi connectivity index (χ0v) is 14.4. The van der Waals surface area contributed by atoms with Crippen LogP contribution in [-0.2, 0) is 13.0 Å². The summed E-state index contributed by atoms with van der Waals surface area (Å²) in [5.74, 6) is 0.238. The van der Waals surface area contributed by atoms with E-state index in [9.17, 15) is 13.2 Å². The number of hydrogen-bond acceptors (Lipinski definition) is 7. The van der Waals surface area contributed by atoms with E-state index in [-0.39, 0.29) is 11.8 Å². The molecule has 0 amide bonds. The molecule has 11 heteroatoms. The van der Waals surface area contributed by atoms with Gasteiger partial charge in [0.2, 0.25) is 5.95 Å². The fourth-order valence-electron chi connectivity index (χ4n) is 2.79. The number of rotatable bonds is 2. The Kier molecular flexibility index (Phi) is 4.00. The molecule has 7 nitrogen and oxygen atoms in total. The number of thiazole rings is 1. The van der Waals surface area contributed by atoms with Crippen molar-refractivity contribution in [2.24, 2.45) is 0 Å². The number of nitrogen functional groups attached to an aromatic ring is 1. The summed E-state index contributed by atoms with van der Waals surface area (Å²) >= 11 is 1.23. The van der Waals surface area contributed by atoms with Crippen LogP contribution >= 0.6 is 11.3 Å². The Bertz CT molecular complexity index is 1070. The second-order valence-electron chi connectivity index (χ2n) is 5.78. The van der Waals surface area contributed by atoms with Crippen LogP contribution < -0.4 is 10.5 Å². The summed E-state index contributed by atoms with van der Waals surface area (Å²) in [7, 11) is 0. The van der Waals surface area contributed by atoms with Gasteiger partial charge in [0.15, 0.2) is 10.8 Å². The smallest absolute Gasteiger partial charge is 0.408 e. The first-order chi connectivity index (χ1) is 12.8. The maximum atomic E-state index is 12.8. The van der Waals surface area contributed by atoms with Crippen molar-refractivity contribution >= 4 is 17.3 Å². The van der Waals surface area contributed by atoms with Gasteiger partial charge in [0.05, 0.1) is 23.9 Å². The molecule has 0 saturated heterocycles. The molecule has 0 spiro atoms. The molecule has 1 aromatic carbocycles. The highest BCUT2D eigenvalue weighted by Gasteiger charge is 2.32. The number of aromatic nitrogens is 4. The Morgan fingerprint density at radius 1 is 1.33 bits per heavy atom. The van der Waals surface area contributed by atoms with Crippen LogP contribution in [0.5, 0.6) is 5.75 Å². The summed E-state index contributed by atoms with van der Waals surface area (Å²) in [6, 6.07) is 7.02. The molecule has 1 aliphatic heterocycles. The van der Waals surface area contributed by atoms with Crippen molar-refractivity contribution in [1.29, 1.82) is 5.26 Å². The van der Waals surface area contributed by atoms with Crippen molar-refractivity contribution in [3.8, 4) is 33.9 Å². The van der Waals surface area contributed by atoms with Crippen LogP contribution in [0.4, 0.5) is 19.1 Å². The molecule has 27 heavy (non-hydrogen) atoms. The molecule has 0 unspecified atom stereocenters. The molecule has 0 radical (unpaired) electrons. The Morgan fingerprint density at radius 2 is 2.15 bits per heavy atom. The van der Waals surface area contributed by atoms with Crippen molar-refractivity contribution < 1.29 is 17.9 Å². The van der Waals surface area contributed by atoms with Gasteiger partial charge >= 0.3 is 6.18 Å². The minimum absolute atomic E-state index is 0.0287. The fraction of sp³-hybridized carbons (Fsp3) is 0.250. The second-order valence-corrected chi connectivity index (χ2v) is 6.86. The van der Waals surface area contributed by atoms with Crippen molar-refractivity contribution in [3.05, 3.63) is 28.6 Å². The third-order valence-electron chi connectivity index (χ3n) is 3.86. The molecule has 3 aromatic rings. The van der Waals surface area contributed by atoms with E-state index in [2.05, 4.69) is 15.1 Å². The van der Waals surface area contributed by atoms with Gasteiger partial charge in [-0.05, 0) is 18.2 Å². The predicted octanol–water partition coefficient (Wildman–Crippen LogP) is 3.02. The van der Waals surface area contributed by atoms with Gasteiger partial charge in [-0.3, -0.25) is 0 Å². The van der Waals surface area contributed by atoms with Crippen LogP contribution in [0.25, 0.3) is 22.1 Å². The number of nitrogens with two attached hydrogens (primary N) is 1. The molecule has 2 N–H and O–H groups in total. The second kappa shape index (κ2) is 6.24. The van der Waals surface area contributed by atoms with Gasteiger partial charge in [-0.25, -0.2) is 9.67 Å². The molecule has 0 bridgehead atoms. The van der Waals surface area contributed by atoms with Crippen LogP contribution in [0.1, 0.15) is 10.4 Å². The van der Waals surface area contributed by atoms with Gasteiger partial charge < -0.3 is 10.5 Å². The van der Waals surface area contributed by atoms with E-state index in [1.807, 2.05) is 6.07 Å². The minimum atomic E-state index is -4.46. The van der Waals surface area contributed by atoms with Crippen LogP contribution in [0.2, 0.25) is 0 Å². The summed E-state index contributed by atoms with van der Waals surface area (Å²) in [4.78, 5) is 9.26. The number of alkyl halides is 3. The van der Waals surface area contributed by atoms with Gasteiger partial charge in [0, 0.05) is 16.9 Å². The van der Waals surface area contributed by atoms with Crippen molar-refractivity contribution in [2.75, 3.05) is 12.3 Å². The number of nitrogens with zero attached hydrogens (tertiary/aromatic N) is 5. The van der Waals surface area contributed by atoms with Crippen LogP contribution in [0, 0.1) is 11.3 Å². The maximum Gasteiger partial charge on any atom is 0.408 e. The summed E-state index contributed by atoms with van der Waals surface area (Å²) in [5, 5.41) is 13.0. The Morgan fingerprint density at radius 3 is 2.89 bits per heavy atom. The topological polar surface area (TPSA) is 103 Å². The molecule has 0 aliphatic carbocycles. The molecule has 4 rings (SSSR count). The SMILES string of the molecule is N#Cc1ccc2c(c1)OCCc1sc(-c3nc(N)nn3CC(F)(F)F)nc1-2. The largest absolute Gasteiger partial charge is 0.492 e. The summed E-state index contributed by atoms with van der Waals surface area (Å²) in [6.45, 7) is -0.935. The molecular weight excluding hydrogens is 381 g/mol. The van der Waals surface area contributed by atoms with Crippen LogP contribution in [-0.4, -0.2) is 32.5 Å². The third kappa shape index (κ3) is 3.31. The summed E-state index contributed by atoms with van der Waals surface area (Å²) in [5.41, 5.74) is 7.24. The minimum Gasteiger partial charge on any atom is -0.492 e. The molecule has 138 valence electrons. The predicted molar refractivity (Wildman–Crippen MR) is 90.9 cm³/mol. The number of halogens is 3. The number of nitriles is 1. The lowest BCUT2D eigenvalue weighted by Crippen LogP contribution is -2.19. The number of benzene rings is 1. The number of hydrogen-bond donors (Lipinski definition) is 1. The molecule has 1 aliphatic rings. The molecule has 0 fully saturated rings. The monoisotopic (exact) mass is 392 g/mol. The zero-order chi connectivity index (χ0) is 19.2. The van der Waals surface area contributed by atoms with Gasteiger partial charge in [-0.2, -0.15) is 23.4 Å². The number of ether oxygens (including phenoxy) is 1. The van der Waals surface area contributed by atoms with E-state index in [4.69, 9.17) is 15.7 Å². The fourth-order valence-corrected chi connectivity index (χ4v) is 3.84. The third-order valence-corrected chi connectivity index (χ3v) is 4.97. The molecule has 2 aromatic heterocycles. The number of fused-ring (bicyclic) bond motifs is 3. The molecule has 0 atom stereocenters. The van der Waals surface area contributed by atoms with Gasteiger partial charge in [-0.15, -0.1) is 16.4 Å². The van der Waals surface area contributed by atoms with Crippen LogP contribution in [0.15, 0.2) is 18.2 Å². The first-order valence-electron chi connectivity index (χ1n) is 7.78. The first-order valence-corrected chi connectivity index (χ1v) is 8.60. The Hall–Kier alpha value is -3.13. The molecule has 3 heterocycles. The standard InChI is InChI=1S/C16H11F3N6OS/c17-16(18,19)7-25-13(23-15(21)24-25)14-22-12-9-2-1-8(6-20)5-10(9)26-4-3-11(12)27-14/h1-2,5H,3-4,7H2,(H2,21,24). The number of anilines is 1. The van der Waals surface area contributed by atoms with Gasteiger partial charge in [0.25, 0.3) is 0 Å². The quantitative estimate of drug-likeness (QED) is 0.719. The highest BCUT2D eigenvalue weighted by molar-refractivity contribution is 7.15. The van der Waals surface area contributed by atoms with Gasteiger partial charge in [-0.1, -0.05) is 0 Å².